The van der Waals surface area contributed by atoms with Gasteiger partial charge in [0.2, 0.25) is 5.91 Å². The van der Waals surface area contributed by atoms with E-state index in [0.29, 0.717) is 16.9 Å². The monoisotopic (exact) mass is 398 g/mol. The lowest BCUT2D eigenvalue weighted by Gasteiger charge is -2.08. The smallest absolute Gasteiger partial charge is 0.337 e. The van der Waals surface area contributed by atoms with Crippen molar-refractivity contribution in [1.29, 1.82) is 0 Å². The molecule has 0 aliphatic carbocycles. The number of aryl methyl sites for hydroxylation is 1. The van der Waals surface area contributed by atoms with Crippen molar-refractivity contribution in [3.63, 3.8) is 0 Å². The van der Waals surface area contributed by atoms with E-state index in [9.17, 15) is 19.2 Å². The highest BCUT2D eigenvalue weighted by molar-refractivity contribution is 5.95. The Bertz CT molecular complexity index is 892. The van der Waals surface area contributed by atoms with Crippen molar-refractivity contribution < 1.29 is 28.7 Å². The van der Waals surface area contributed by atoms with E-state index in [4.69, 9.17) is 4.74 Å². The van der Waals surface area contributed by atoms with Crippen molar-refractivity contribution in [2.75, 3.05) is 24.4 Å². The maximum absolute atomic E-state index is 11.9. The Balaban J connectivity index is 1.69. The second-order valence-corrected chi connectivity index (χ2v) is 6.20. The molecule has 0 atom stereocenters. The maximum atomic E-state index is 11.9. The van der Waals surface area contributed by atoms with Crippen molar-refractivity contribution in [2.45, 2.75) is 19.8 Å². The summed E-state index contributed by atoms with van der Waals surface area (Å²) in [6.45, 7) is 1.47. The third-order valence-electron chi connectivity index (χ3n) is 3.81. The SMILES string of the molecule is COC(=O)c1ccc(NC(=O)CCC(=O)OCC(=O)Nc2cccc(C)c2)cc1. The minimum atomic E-state index is -0.652. The van der Waals surface area contributed by atoms with E-state index in [0.717, 1.165) is 5.56 Å². The van der Waals surface area contributed by atoms with Crippen molar-refractivity contribution in [3.8, 4) is 0 Å². The van der Waals surface area contributed by atoms with Crippen LogP contribution in [0.2, 0.25) is 0 Å². The molecule has 2 aromatic rings. The molecular weight excluding hydrogens is 376 g/mol. The molecule has 2 N–H and O–H groups in total. The number of hydrogen-bond donors (Lipinski definition) is 2. The van der Waals surface area contributed by atoms with Gasteiger partial charge in [0.05, 0.1) is 19.1 Å². The molecule has 0 aliphatic heterocycles. The predicted octanol–water partition coefficient (Wildman–Crippen LogP) is 2.68. The summed E-state index contributed by atoms with van der Waals surface area (Å²) >= 11 is 0. The van der Waals surface area contributed by atoms with E-state index in [-0.39, 0.29) is 12.8 Å². The first-order chi connectivity index (χ1) is 13.9. The number of carbonyl (C=O) groups excluding carboxylic acids is 4. The highest BCUT2D eigenvalue weighted by atomic mass is 16.5. The van der Waals surface area contributed by atoms with Crippen molar-refractivity contribution >= 4 is 35.1 Å². The van der Waals surface area contributed by atoms with Gasteiger partial charge in [-0.1, -0.05) is 12.1 Å². The number of benzene rings is 2. The zero-order valence-electron chi connectivity index (χ0n) is 16.2. The molecule has 152 valence electrons. The van der Waals surface area contributed by atoms with Gasteiger partial charge in [-0.05, 0) is 48.9 Å². The third-order valence-corrected chi connectivity index (χ3v) is 3.81. The number of anilines is 2. The van der Waals surface area contributed by atoms with Crippen LogP contribution in [0, 0.1) is 6.92 Å². The quantitative estimate of drug-likeness (QED) is 0.662. The summed E-state index contributed by atoms with van der Waals surface area (Å²) in [7, 11) is 1.28. The fraction of sp³-hybridized carbons (Fsp3) is 0.238. The van der Waals surface area contributed by atoms with Crippen LogP contribution in [0.4, 0.5) is 11.4 Å². The molecule has 0 unspecified atom stereocenters. The Morgan fingerprint density at radius 3 is 2.21 bits per heavy atom. The number of hydrogen-bond acceptors (Lipinski definition) is 6. The summed E-state index contributed by atoms with van der Waals surface area (Å²) in [4.78, 5) is 46.8. The standard InChI is InChI=1S/C21H22N2O6/c1-14-4-3-5-17(12-14)23-19(25)13-29-20(26)11-10-18(24)22-16-8-6-15(7-9-16)21(27)28-2/h3-9,12H,10-11,13H2,1-2H3,(H,22,24)(H,23,25). The Kier molecular flexibility index (Phi) is 7.90. The van der Waals surface area contributed by atoms with Crippen LogP contribution in [0.5, 0.6) is 0 Å². The molecule has 8 heteroatoms. The van der Waals surface area contributed by atoms with E-state index in [1.807, 2.05) is 13.0 Å². The molecule has 0 bridgehead atoms. The van der Waals surface area contributed by atoms with Gasteiger partial charge in [0.25, 0.3) is 5.91 Å². The summed E-state index contributed by atoms with van der Waals surface area (Å²) < 4.78 is 9.47. The molecule has 0 saturated heterocycles. The first kappa shape index (κ1) is 21.6. The minimum absolute atomic E-state index is 0.100. The summed E-state index contributed by atoms with van der Waals surface area (Å²) in [6, 6.07) is 13.4. The number of amides is 2. The van der Waals surface area contributed by atoms with Crippen LogP contribution >= 0.6 is 0 Å². The lowest BCUT2D eigenvalue weighted by Crippen LogP contribution is -2.21. The Morgan fingerprint density at radius 2 is 1.55 bits per heavy atom. The van der Waals surface area contributed by atoms with Gasteiger partial charge in [-0.25, -0.2) is 4.79 Å². The molecule has 29 heavy (non-hydrogen) atoms. The third kappa shape index (κ3) is 7.45. The average Bonchev–Trinajstić information content (AvgIpc) is 2.70. The largest absolute Gasteiger partial charge is 0.465 e. The summed E-state index contributed by atoms with van der Waals surface area (Å²) in [5.41, 5.74) is 2.45. The number of esters is 2. The van der Waals surface area contributed by atoms with E-state index in [1.165, 1.54) is 19.2 Å². The zero-order chi connectivity index (χ0) is 21.2. The molecule has 2 rings (SSSR count). The predicted molar refractivity (Wildman–Crippen MR) is 106 cm³/mol. The van der Waals surface area contributed by atoms with Gasteiger partial charge in [-0.15, -0.1) is 0 Å². The molecule has 0 aromatic heterocycles. The molecule has 2 amide bonds. The summed E-state index contributed by atoms with van der Waals surface area (Å²) in [6.07, 6.45) is -0.263. The van der Waals surface area contributed by atoms with Crippen LogP contribution < -0.4 is 10.6 Å². The number of nitrogens with one attached hydrogen (secondary N) is 2. The van der Waals surface area contributed by atoms with Crippen LogP contribution in [-0.4, -0.2) is 37.5 Å². The van der Waals surface area contributed by atoms with Gasteiger partial charge in [-0.3, -0.25) is 14.4 Å². The Hall–Kier alpha value is -3.68. The number of rotatable bonds is 8. The average molecular weight is 398 g/mol. The van der Waals surface area contributed by atoms with Crippen molar-refractivity contribution in [1.82, 2.24) is 0 Å². The molecule has 0 heterocycles. The molecular formula is C21H22N2O6. The van der Waals surface area contributed by atoms with Crippen molar-refractivity contribution in [2.24, 2.45) is 0 Å². The van der Waals surface area contributed by atoms with Crippen LogP contribution in [0.3, 0.4) is 0 Å². The van der Waals surface area contributed by atoms with Gasteiger partial charge < -0.3 is 20.1 Å². The van der Waals surface area contributed by atoms with Crippen LogP contribution in [-0.2, 0) is 23.9 Å². The lowest BCUT2D eigenvalue weighted by molar-refractivity contribution is -0.147. The van der Waals surface area contributed by atoms with Gasteiger partial charge in [0.15, 0.2) is 6.61 Å². The lowest BCUT2D eigenvalue weighted by atomic mass is 10.2. The summed E-state index contributed by atoms with van der Waals surface area (Å²) in [5, 5.41) is 5.23. The van der Waals surface area contributed by atoms with E-state index in [1.54, 1.807) is 30.3 Å². The van der Waals surface area contributed by atoms with E-state index in [2.05, 4.69) is 15.4 Å². The van der Waals surface area contributed by atoms with Gasteiger partial charge in [0.1, 0.15) is 0 Å². The topological polar surface area (TPSA) is 111 Å². The fourth-order valence-electron chi connectivity index (χ4n) is 2.38. The normalized spacial score (nSPS) is 10.0. The summed E-state index contributed by atoms with van der Waals surface area (Å²) in [5.74, 6) is -1.98. The maximum Gasteiger partial charge on any atom is 0.337 e. The highest BCUT2D eigenvalue weighted by Crippen LogP contribution is 2.11. The molecule has 0 aliphatic rings. The van der Waals surface area contributed by atoms with Crippen molar-refractivity contribution in [3.05, 3.63) is 59.7 Å². The second kappa shape index (κ2) is 10.6. The molecule has 0 spiro atoms. The first-order valence-corrected chi connectivity index (χ1v) is 8.88. The number of carbonyl (C=O) groups is 4. The molecule has 8 nitrogen and oxygen atoms in total. The molecule has 0 fully saturated rings. The highest BCUT2D eigenvalue weighted by Gasteiger charge is 2.11. The Morgan fingerprint density at radius 1 is 0.862 bits per heavy atom. The van der Waals surface area contributed by atoms with Gasteiger partial charge in [-0.2, -0.15) is 0 Å². The molecule has 0 saturated carbocycles. The number of methoxy groups -OCH3 is 1. The van der Waals surface area contributed by atoms with Gasteiger partial charge >= 0.3 is 11.9 Å². The van der Waals surface area contributed by atoms with Gasteiger partial charge in [0, 0.05) is 17.8 Å². The fourth-order valence-corrected chi connectivity index (χ4v) is 2.38. The van der Waals surface area contributed by atoms with Crippen LogP contribution in [0.15, 0.2) is 48.5 Å². The van der Waals surface area contributed by atoms with E-state index >= 15 is 0 Å². The number of ether oxygens (including phenoxy) is 2. The zero-order valence-corrected chi connectivity index (χ0v) is 16.2. The van der Waals surface area contributed by atoms with E-state index < -0.39 is 30.4 Å². The van der Waals surface area contributed by atoms with Crippen LogP contribution in [0.25, 0.3) is 0 Å². The Labute approximate surface area is 168 Å². The molecule has 0 radical (unpaired) electrons. The second-order valence-electron chi connectivity index (χ2n) is 6.20. The first-order valence-electron chi connectivity index (χ1n) is 8.88. The minimum Gasteiger partial charge on any atom is -0.465 e. The molecule has 2 aromatic carbocycles. The van der Waals surface area contributed by atoms with Crippen LogP contribution in [0.1, 0.15) is 28.8 Å².